The van der Waals surface area contributed by atoms with E-state index in [1.807, 2.05) is 0 Å². The molecule has 2 bridgehead atoms. The third-order valence-electron chi connectivity index (χ3n) is 5.83. The van der Waals surface area contributed by atoms with Crippen LogP contribution in [0.15, 0.2) is 30.9 Å². The number of piperazine rings is 1. The number of aromatic amines is 1. The van der Waals surface area contributed by atoms with Crippen molar-refractivity contribution in [1.29, 1.82) is 0 Å². The minimum absolute atomic E-state index is 0.195. The number of nitrogens with one attached hydrogen (secondary N) is 3. The summed E-state index contributed by atoms with van der Waals surface area (Å²) in [5.74, 6) is 0.885. The molecular weight excluding hydrogens is 387 g/mol. The summed E-state index contributed by atoms with van der Waals surface area (Å²) in [5, 5.41) is 8.10. The highest BCUT2D eigenvalue weighted by Gasteiger charge is 2.39. The molecule has 2 fully saturated rings. The fraction of sp³-hybridized carbons (Fsp3) is 0.300. The summed E-state index contributed by atoms with van der Waals surface area (Å²) in [5.41, 5.74) is 2.05. The van der Waals surface area contributed by atoms with Gasteiger partial charge in [-0.1, -0.05) is 0 Å². The number of halogens is 1. The Kier molecular flexibility index (Phi) is 3.75. The molecule has 2 atom stereocenters. The molecule has 2 saturated heterocycles. The van der Waals surface area contributed by atoms with Gasteiger partial charge >= 0.3 is 6.01 Å². The average Bonchev–Trinajstić information content (AvgIpc) is 3.47. The van der Waals surface area contributed by atoms with E-state index in [0.717, 1.165) is 41.6 Å². The smallest absolute Gasteiger partial charge is 0.326 e. The SMILES string of the molecule is CNc1cc(F)cc2c1[nH]c1nc(Oc3cncnc3)nc(N3CC4C[C@@H]3CN4)c12. The van der Waals surface area contributed by atoms with Crippen LogP contribution >= 0.6 is 0 Å². The number of H-pyrrole nitrogens is 1. The van der Waals surface area contributed by atoms with Crippen molar-refractivity contribution in [3.63, 3.8) is 0 Å². The maximum absolute atomic E-state index is 14.4. The van der Waals surface area contributed by atoms with Gasteiger partial charge in [0, 0.05) is 37.6 Å². The zero-order valence-electron chi connectivity index (χ0n) is 16.2. The fourth-order valence-corrected chi connectivity index (χ4v) is 4.54. The van der Waals surface area contributed by atoms with Crippen molar-refractivity contribution in [3.8, 4) is 11.8 Å². The molecule has 0 spiro atoms. The Morgan fingerprint density at radius 2 is 2.10 bits per heavy atom. The van der Waals surface area contributed by atoms with Crippen LogP contribution in [-0.2, 0) is 0 Å². The van der Waals surface area contributed by atoms with Crippen LogP contribution in [0, 0.1) is 5.82 Å². The molecule has 3 N–H and O–H groups in total. The van der Waals surface area contributed by atoms with Crippen molar-refractivity contribution < 1.29 is 9.13 Å². The predicted molar refractivity (Wildman–Crippen MR) is 111 cm³/mol. The molecule has 30 heavy (non-hydrogen) atoms. The van der Waals surface area contributed by atoms with Gasteiger partial charge in [-0.15, -0.1) is 0 Å². The van der Waals surface area contributed by atoms with E-state index in [-0.39, 0.29) is 11.8 Å². The first-order valence-corrected chi connectivity index (χ1v) is 9.83. The molecule has 0 amide bonds. The van der Waals surface area contributed by atoms with Crippen LogP contribution in [0.2, 0.25) is 0 Å². The number of rotatable bonds is 4. The van der Waals surface area contributed by atoms with Gasteiger partial charge in [0.25, 0.3) is 0 Å². The summed E-state index contributed by atoms with van der Waals surface area (Å²) in [6.45, 7) is 1.74. The molecule has 3 aromatic heterocycles. The Hall–Kier alpha value is -3.53. The second-order valence-corrected chi connectivity index (χ2v) is 7.63. The van der Waals surface area contributed by atoms with E-state index in [1.165, 1.54) is 18.5 Å². The number of hydrogen-bond donors (Lipinski definition) is 3. The van der Waals surface area contributed by atoms with Gasteiger partial charge < -0.3 is 25.3 Å². The highest BCUT2D eigenvalue weighted by Crippen LogP contribution is 2.40. The van der Waals surface area contributed by atoms with E-state index >= 15 is 0 Å². The summed E-state index contributed by atoms with van der Waals surface area (Å²) >= 11 is 0. The molecule has 0 aliphatic carbocycles. The van der Waals surface area contributed by atoms with Crippen molar-refractivity contribution in [2.45, 2.75) is 18.5 Å². The lowest BCUT2D eigenvalue weighted by Gasteiger charge is -2.29. The molecule has 10 heteroatoms. The second-order valence-electron chi connectivity index (χ2n) is 7.63. The second kappa shape index (κ2) is 6.49. The Morgan fingerprint density at radius 3 is 2.83 bits per heavy atom. The molecule has 5 heterocycles. The van der Waals surface area contributed by atoms with Crippen LogP contribution in [-0.4, -0.2) is 57.1 Å². The third kappa shape index (κ3) is 2.64. The largest absolute Gasteiger partial charge is 0.421 e. The monoisotopic (exact) mass is 406 g/mol. The molecule has 0 saturated carbocycles. The standard InChI is InChI=1S/C20H19FN8O/c1-22-15-3-10(21)2-14-16-18(26-17(14)15)27-20(30-13-6-23-9-24-7-13)28-19(16)29-8-11-4-12(29)5-25-11/h2-3,6-7,9,11-12,22,25H,4-5,8H2,1H3,(H,26,27,28)/t11?,12-/m1/s1. The van der Waals surface area contributed by atoms with Gasteiger partial charge in [-0.2, -0.15) is 9.97 Å². The number of ether oxygens (including phenoxy) is 1. The fourth-order valence-electron chi connectivity index (χ4n) is 4.54. The summed E-state index contributed by atoms with van der Waals surface area (Å²) in [7, 11) is 1.77. The molecule has 0 radical (unpaired) electrons. The lowest BCUT2D eigenvalue weighted by Crippen LogP contribution is -2.44. The first-order chi connectivity index (χ1) is 14.7. The van der Waals surface area contributed by atoms with Gasteiger partial charge in [0.2, 0.25) is 0 Å². The van der Waals surface area contributed by atoms with Crippen LogP contribution < -0.4 is 20.3 Å². The van der Waals surface area contributed by atoms with Gasteiger partial charge in [-0.05, 0) is 18.6 Å². The topological polar surface area (TPSA) is 104 Å². The van der Waals surface area contributed by atoms with Crippen molar-refractivity contribution >= 4 is 33.4 Å². The van der Waals surface area contributed by atoms with Crippen LogP contribution in [0.5, 0.6) is 11.8 Å². The Labute approximate surface area is 170 Å². The highest BCUT2D eigenvalue weighted by molar-refractivity contribution is 6.14. The van der Waals surface area contributed by atoms with Crippen LogP contribution in [0.3, 0.4) is 0 Å². The number of nitrogens with zero attached hydrogens (tertiary/aromatic N) is 5. The van der Waals surface area contributed by atoms with Gasteiger partial charge in [-0.3, -0.25) is 0 Å². The normalized spacial score (nSPS) is 20.4. The number of hydrogen-bond acceptors (Lipinski definition) is 8. The minimum atomic E-state index is -0.315. The van der Waals surface area contributed by atoms with Crippen molar-refractivity contribution in [2.75, 3.05) is 30.4 Å². The summed E-state index contributed by atoms with van der Waals surface area (Å²) < 4.78 is 20.2. The van der Waals surface area contributed by atoms with Crippen molar-refractivity contribution in [3.05, 3.63) is 36.7 Å². The lowest BCUT2D eigenvalue weighted by molar-refractivity contribution is 0.438. The van der Waals surface area contributed by atoms with Gasteiger partial charge in [0.05, 0.1) is 29.0 Å². The van der Waals surface area contributed by atoms with Crippen molar-refractivity contribution in [2.24, 2.45) is 0 Å². The number of aromatic nitrogens is 5. The molecule has 2 aliphatic rings. The Morgan fingerprint density at radius 1 is 1.23 bits per heavy atom. The first-order valence-electron chi connectivity index (χ1n) is 9.83. The Balaban J connectivity index is 1.58. The third-order valence-corrected chi connectivity index (χ3v) is 5.83. The summed E-state index contributed by atoms with van der Waals surface area (Å²) in [6, 6.07) is 3.96. The number of benzene rings is 1. The van der Waals surface area contributed by atoms with Crippen LogP contribution in [0.1, 0.15) is 6.42 Å². The van der Waals surface area contributed by atoms with E-state index in [0.29, 0.717) is 29.2 Å². The molecule has 9 nitrogen and oxygen atoms in total. The zero-order chi connectivity index (χ0) is 20.2. The number of fused-ring (bicyclic) bond motifs is 5. The molecule has 152 valence electrons. The average molecular weight is 406 g/mol. The maximum atomic E-state index is 14.4. The molecule has 4 aromatic rings. The highest BCUT2D eigenvalue weighted by atomic mass is 19.1. The van der Waals surface area contributed by atoms with Gasteiger partial charge in [0.15, 0.2) is 5.75 Å². The van der Waals surface area contributed by atoms with Crippen molar-refractivity contribution in [1.82, 2.24) is 30.2 Å². The van der Waals surface area contributed by atoms with Crippen LogP contribution in [0.25, 0.3) is 21.9 Å². The minimum Gasteiger partial charge on any atom is -0.421 e. The molecular formula is C20H19FN8O. The van der Waals surface area contributed by atoms with E-state index in [9.17, 15) is 4.39 Å². The molecule has 2 aliphatic heterocycles. The summed E-state index contributed by atoms with van der Waals surface area (Å²) in [4.78, 5) is 22.9. The Bertz CT molecular complexity index is 1260. The quantitative estimate of drug-likeness (QED) is 0.475. The van der Waals surface area contributed by atoms with Crippen LogP contribution in [0.4, 0.5) is 15.9 Å². The molecule has 1 aromatic carbocycles. The van der Waals surface area contributed by atoms with E-state index in [4.69, 9.17) is 9.72 Å². The van der Waals surface area contributed by atoms with Gasteiger partial charge in [-0.25, -0.2) is 14.4 Å². The maximum Gasteiger partial charge on any atom is 0.326 e. The van der Waals surface area contributed by atoms with E-state index < -0.39 is 0 Å². The van der Waals surface area contributed by atoms with E-state index in [2.05, 4.69) is 35.5 Å². The molecule has 1 unspecified atom stereocenters. The van der Waals surface area contributed by atoms with Gasteiger partial charge in [0.1, 0.15) is 23.6 Å². The lowest BCUT2D eigenvalue weighted by atomic mass is 10.1. The summed E-state index contributed by atoms with van der Waals surface area (Å²) in [6.07, 6.45) is 5.61. The van der Waals surface area contributed by atoms with E-state index in [1.54, 1.807) is 19.4 Å². The first kappa shape index (κ1) is 17.3. The number of anilines is 2. The molecule has 6 rings (SSSR count). The zero-order valence-corrected chi connectivity index (χ0v) is 16.2. The predicted octanol–water partition coefficient (Wildman–Crippen LogP) is 2.42.